The molecule has 1 aromatic carbocycles. The van der Waals surface area contributed by atoms with Crippen molar-refractivity contribution in [3.05, 3.63) is 34.9 Å². The van der Waals surface area contributed by atoms with E-state index in [9.17, 15) is 13.6 Å². The molecule has 1 aromatic rings. The van der Waals surface area contributed by atoms with Gasteiger partial charge < -0.3 is 4.74 Å². The van der Waals surface area contributed by atoms with E-state index in [4.69, 9.17) is 0 Å². The van der Waals surface area contributed by atoms with Gasteiger partial charge in [-0.05, 0) is 15.6 Å². The standard InChI is InChI=1S/C10H7F2IO2/c1-15-10(14)6-3-8(12)7(11)2-5(6)9-4-13-9/h2-3H,4H2,1H3. The molecule has 2 nitrogen and oxygen atoms in total. The summed E-state index contributed by atoms with van der Waals surface area (Å²) in [5, 5.41) is 0. The van der Waals surface area contributed by atoms with Crippen LogP contribution in [0.3, 0.4) is 0 Å². The van der Waals surface area contributed by atoms with E-state index >= 15 is 0 Å². The van der Waals surface area contributed by atoms with Gasteiger partial charge in [-0.25, -0.2) is 13.6 Å². The van der Waals surface area contributed by atoms with Crippen LogP contribution in [0.15, 0.2) is 12.1 Å². The van der Waals surface area contributed by atoms with E-state index in [1.807, 2.05) is 0 Å². The molecule has 0 N–H and O–H groups in total. The lowest BCUT2D eigenvalue weighted by molar-refractivity contribution is 0.0600. The first-order chi connectivity index (χ1) is 7.13. The van der Waals surface area contributed by atoms with Crippen LogP contribution in [0.25, 0.3) is 0 Å². The minimum atomic E-state index is -1.02. The van der Waals surface area contributed by atoms with E-state index in [-0.39, 0.29) is 26.3 Å². The van der Waals surface area contributed by atoms with Crippen molar-refractivity contribution in [3.8, 4) is 0 Å². The molecule has 0 saturated carbocycles. The first kappa shape index (κ1) is 10.7. The fourth-order valence-electron chi connectivity index (χ4n) is 1.23. The highest BCUT2D eigenvalue weighted by Crippen LogP contribution is 2.29. The third-order valence-corrected chi connectivity index (χ3v) is 4.13. The number of hydrogen-bond donors (Lipinski definition) is 0. The van der Waals surface area contributed by atoms with Crippen LogP contribution in [0.4, 0.5) is 8.78 Å². The number of esters is 1. The third kappa shape index (κ3) is 2.06. The smallest absolute Gasteiger partial charge is 0.338 e. The lowest BCUT2D eigenvalue weighted by atomic mass is 10.0. The van der Waals surface area contributed by atoms with Gasteiger partial charge in [0.15, 0.2) is 11.6 Å². The van der Waals surface area contributed by atoms with Crippen molar-refractivity contribution in [1.82, 2.24) is 0 Å². The Morgan fingerprint density at radius 2 is 2.00 bits per heavy atom. The number of halogens is 3. The summed E-state index contributed by atoms with van der Waals surface area (Å²) in [5.74, 6) is -2.55. The molecule has 0 bridgehead atoms. The van der Waals surface area contributed by atoms with Crippen molar-refractivity contribution in [2.75, 3.05) is 11.5 Å². The summed E-state index contributed by atoms with van der Waals surface area (Å²) < 4.78 is 32.5. The maximum Gasteiger partial charge on any atom is 0.338 e. The van der Waals surface area contributed by atoms with Crippen LogP contribution >= 0.6 is 20.7 Å². The maximum atomic E-state index is 13.0. The highest BCUT2D eigenvalue weighted by molar-refractivity contribution is 14.2. The van der Waals surface area contributed by atoms with Gasteiger partial charge in [-0.1, -0.05) is 0 Å². The summed E-state index contributed by atoms with van der Waals surface area (Å²) in [7, 11) is 1.22. The zero-order valence-electron chi connectivity index (χ0n) is 7.81. The summed E-state index contributed by atoms with van der Waals surface area (Å²) in [4.78, 5) is 11.3. The Balaban J connectivity index is 2.55. The Morgan fingerprint density at radius 3 is 2.53 bits per heavy atom. The van der Waals surface area contributed by atoms with Crippen molar-refractivity contribution < 1.29 is 18.3 Å². The van der Waals surface area contributed by atoms with Gasteiger partial charge in [0, 0.05) is 9.99 Å². The molecule has 0 fully saturated rings. The molecular formula is C10H7F2IO2. The van der Waals surface area contributed by atoms with Crippen LogP contribution in [0.2, 0.25) is 0 Å². The average Bonchev–Trinajstić information content (AvgIpc) is 3.04. The van der Waals surface area contributed by atoms with Crippen LogP contribution in [0.1, 0.15) is 15.9 Å². The first-order valence-electron chi connectivity index (χ1n) is 4.16. The molecule has 1 aliphatic heterocycles. The van der Waals surface area contributed by atoms with Crippen molar-refractivity contribution in [1.29, 1.82) is 0 Å². The van der Waals surface area contributed by atoms with Crippen molar-refractivity contribution in [3.63, 3.8) is 0 Å². The Kier molecular flexibility index (Phi) is 2.81. The summed E-state index contributed by atoms with van der Waals surface area (Å²) in [6.45, 7) is 0. The number of benzene rings is 1. The molecule has 2 rings (SSSR count). The van der Waals surface area contributed by atoms with Gasteiger partial charge in [0.1, 0.15) is 0 Å². The Morgan fingerprint density at radius 1 is 1.40 bits per heavy atom. The highest BCUT2D eigenvalue weighted by Gasteiger charge is 2.22. The largest absolute Gasteiger partial charge is 0.465 e. The predicted octanol–water partition coefficient (Wildman–Crippen LogP) is 2.26. The van der Waals surface area contributed by atoms with E-state index < -0.39 is 17.6 Å². The van der Waals surface area contributed by atoms with Gasteiger partial charge in [-0.15, -0.1) is 20.7 Å². The number of methoxy groups -OCH3 is 1. The number of carbonyl (C=O) groups excluding carboxylic acids is 1. The van der Waals surface area contributed by atoms with E-state index in [2.05, 4.69) is 4.74 Å². The second-order valence-corrected chi connectivity index (χ2v) is 5.80. The lowest BCUT2D eigenvalue weighted by Gasteiger charge is -2.05. The fraction of sp³-hybridized carbons (Fsp3) is 0.200. The number of ether oxygens (including phenoxy) is 1. The van der Waals surface area contributed by atoms with Gasteiger partial charge in [-0.2, -0.15) is 0 Å². The van der Waals surface area contributed by atoms with Crippen molar-refractivity contribution >= 4 is 30.2 Å². The Labute approximate surface area is 95.0 Å². The van der Waals surface area contributed by atoms with Crippen molar-refractivity contribution in [2.24, 2.45) is 0 Å². The molecule has 0 unspecified atom stereocenters. The molecule has 15 heavy (non-hydrogen) atoms. The minimum Gasteiger partial charge on any atom is -0.465 e. The summed E-state index contributed by atoms with van der Waals surface area (Å²) >= 11 is -0.0551. The SMILES string of the molecule is COC(=O)c1cc(F)c(F)cc1C1=IC1. The molecule has 80 valence electrons. The summed E-state index contributed by atoms with van der Waals surface area (Å²) in [5.41, 5.74) is 0.650. The monoisotopic (exact) mass is 324 g/mol. The topological polar surface area (TPSA) is 26.3 Å². The molecule has 1 heterocycles. The maximum absolute atomic E-state index is 13.0. The van der Waals surface area contributed by atoms with Crippen LogP contribution in [0, 0.1) is 11.6 Å². The second kappa shape index (κ2) is 3.96. The minimum absolute atomic E-state index is 0.0551. The van der Waals surface area contributed by atoms with Gasteiger partial charge in [-0.3, -0.25) is 0 Å². The van der Waals surface area contributed by atoms with Gasteiger partial charge in [0.25, 0.3) is 0 Å². The lowest BCUT2D eigenvalue weighted by Crippen LogP contribution is -2.09. The zero-order chi connectivity index (χ0) is 11.0. The Bertz CT molecular complexity index is 469. The first-order valence-corrected chi connectivity index (χ1v) is 6.76. The summed E-state index contributed by atoms with van der Waals surface area (Å²) in [6, 6.07) is 2.00. The Hall–Kier alpha value is -0.850. The quantitative estimate of drug-likeness (QED) is 0.474. The predicted molar refractivity (Wildman–Crippen MR) is 60.7 cm³/mol. The molecule has 0 aromatic heterocycles. The average molecular weight is 324 g/mol. The van der Waals surface area contributed by atoms with Gasteiger partial charge in [0.2, 0.25) is 0 Å². The molecular weight excluding hydrogens is 317 g/mol. The van der Waals surface area contributed by atoms with E-state index in [0.717, 1.165) is 20.1 Å². The van der Waals surface area contributed by atoms with Crippen LogP contribution in [-0.2, 0) is 4.74 Å². The normalized spacial score (nSPS) is 13.9. The molecule has 0 amide bonds. The third-order valence-electron chi connectivity index (χ3n) is 2.03. The number of hydrogen-bond acceptors (Lipinski definition) is 2. The van der Waals surface area contributed by atoms with Gasteiger partial charge >= 0.3 is 5.97 Å². The van der Waals surface area contributed by atoms with Crippen LogP contribution in [0.5, 0.6) is 0 Å². The fourth-order valence-corrected chi connectivity index (χ4v) is 2.69. The number of alkyl halides is 1. The van der Waals surface area contributed by atoms with E-state index in [1.54, 1.807) is 0 Å². The van der Waals surface area contributed by atoms with E-state index in [0.29, 0.717) is 5.56 Å². The van der Waals surface area contributed by atoms with Crippen LogP contribution in [-0.4, -0.2) is 21.0 Å². The highest BCUT2D eigenvalue weighted by atomic mass is 127. The molecule has 0 atom stereocenters. The molecule has 0 aliphatic carbocycles. The molecule has 0 radical (unpaired) electrons. The van der Waals surface area contributed by atoms with E-state index in [1.165, 1.54) is 7.11 Å². The number of carbonyl (C=O) groups is 1. The van der Waals surface area contributed by atoms with Crippen LogP contribution < -0.4 is 0 Å². The summed E-state index contributed by atoms with van der Waals surface area (Å²) in [6.07, 6.45) is 0. The molecule has 0 spiro atoms. The van der Waals surface area contributed by atoms with Crippen molar-refractivity contribution in [2.45, 2.75) is 0 Å². The number of rotatable bonds is 2. The molecule has 5 heteroatoms. The second-order valence-electron chi connectivity index (χ2n) is 2.98. The molecule has 1 aliphatic rings. The zero-order valence-corrected chi connectivity index (χ0v) is 9.97. The van der Waals surface area contributed by atoms with Gasteiger partial charge in [0.05, 0.1) is 12.7 Å². The molecule has 0 saturated heterocycles.